The molecule has 0 aliphatic rings. The summed E-state index contributed by atoms with van der Waals surface area (Å²) in [6.45, 7) is 2.09. The van der Waals surface area contributed by atoms with Gasteiger partial charge in [0.25, 0.3) is 0 Å². The number of ether oxygens (including phenoxy) is 1. The maximum absolute atomic E-state index is 6.08. The van der Waals surface area contributed by atoms with Gasteiger partial charge >= 0.3 is 0 Å². The van der Waals surface area contributed by atoms with E-state index in [4.69, 9.17) is 16.3 Å². The third-order valence-corrected chi connectivity index (χ3v) is 5.55. The zero-order valence-electron chi connectivity index (χ0n) is 17.1. The maximum atomic E-state index is 6.08. The van der Waals surface area contributed by atoms with Crippen molar-refractivity contribution in [2.75, 3.05) is 20.2 Å². The average Bonchev–Trinajstić information content (AvgIpc) is 2.77. The molecule has 3 aromatic rings. The van der Waals surface area contributed by atoms with Crippen molar-refractivity contribution >= 4 is 11.6 Å². The molecule has 29 heavy (non-hydrogen) atoms. The zero-order valence-corrected chi connectivity index (χ0v) is 17.9. The lowest BCUT2D eigenvalue weighted by Gasteiger charge is -2.18. The summed E-state index contributed by atoms with van der Waals surface area (Å²) in [5.74, 6) is 1.33. The summed E-state index contributed by atoms with van der Waals surface area (Å²) in [4.78, 5) is 0. The molecule has 1 unspecified atom stereocenters. The van der Waals surface area contributed by atoms with Crippen molar-refractivity contribution in [3.8, 4) is 5.75 Å². The summed E-state index contributed by atoms with van der Waals surface area (Å²) in [5, 5.41) is 4.39. The molecule has 0 aromatic heterocycles. The highest BCUT2D eigenvalue weighted by Crippen LogP contribution is 2.29. The van der Waals surface area contributed by atoms with Crippen LogP contribution in [0.25, 0.3) is 0 Å². The Hall–Kier alpha value is -2.29. The van der Waals surface area contributed by atoms with E-state index >= 15 is 0 Å². The molecular weight excluding hydrogens is 378 g/mol. The van der Waals surface area contributed by atoms with E-state index in [0.29, 0.717) is 5.92 Å². The quantitative estimate of drug-likeness (QED) is 0.367. The van der Waals surface area contributed by atoms with E-state index in [0.717, 1.165) is 49.5 Å². The van der Waals surface area contributed by atoms with E-state index in [9.17, 15) is 0 Å². The minimum atomic E-state index is 0.412. The summed E-state index contributed by atoms with van der Waals surface area (Å²) >= 11 is 6.08. The Kier molecular flexibility index (Phi) is 8.60. The first-order chi connectivity index (χ1) is 14.3. The second-order valence-corrected chi connectivity index (χ2v) is 7.80. The van der Waals surface area contributed by atoms with Gasteiger partial charge in [0.2, 0.25) is 0 Å². The highest BCUT2D eigenvalue weighted by molar-refractivity contribution is 6.30. The first kappa shape index (κ1) is 21.4. The first-order valence-electron chi connectivity index (χ1n) is 10.4. The molecule has 0 spiro atoms. The van der Waals surface area contributed by atoms with Crippen LogP contribution in [0.1, 0.15) is 41.9 Å². The van der Waals surface area contributed by atoms with Gasteiger partial charge in [0, 0.05) is 10.9 Å². The molecule has 0 aliphatic heterocycles. The van der Waals surface area contributed by atoms with Crippen LogP contribution in [0.3, 0.4) is 0 Å². The van der Waals surface area contributed by atoms with Crippen LogP contribution >= 0.6 is 11.6 Å². The van der Waals surface area contributed by atoms with Crippen LogP contribution in [0.4, 0.5) is 0 Å². The molecule has 152 valence electrons. The second kappa shape index (κ2) is 11.6. The molecule has 0 aliphatic carbocycles. The van der Waals surface area contributed by atoms with E-state index in [1.54, 1.807) is 7.11 Å². The molecule has 3 aromatic carbocycles. The molecule has 3 rings (SSSR count). The molecule has 1 atom stereocenters. The molecule has 0 fully saturated rings. The van der Waals surface area contributed by atoms with Gasteiger partial charge in [-0.2, -0.15) is 0 Å². The zero-order chi connectivity index (χ0) is 20.3. The van der Waals surface area contributed by atoms with Crippen LogP contribution in [0, 0.1) is 0 Å². The van der Waals surface area contributed by atoms with Crippen LogP contribution in [0.5, 0.6) is 5.75 Å². The van der Waals surface area contributed by atoms with Gasteiger partial charge in [-0.15, -0.1) is 0 Å². The Morgan fingerprint density at radius 2 is 1.45 bits per heavy atom. The van der Waals surface area contributed by atoms with Crippen molar-refractivity contribution in [1.29, 1.82) is 0 Å². The number of aryl methyl sites for hydroxylation is 1. The van der Waals surface area contributed by atoms with Crippen LogP contribution in [-0.4, -0.2) is 20.2 Å². The van der Waals surface area contributed by atoms with Gasteiger partial charge in [0.05, 0.1) is 7.11 Å². The number of methoxy groups -OCH3 is 1. The van der Waals surface area contributed by atoms with Crippen molar-refractivity contribution in [1.82, 2.24) is 5.32 Å². The van der Waals surface area contributed by atoms with Crippen LogP contribution in [0.15, 0.2) is 78.9 Å². The highest BCUT2D eigenvalue weighted by atomic mass is 35.5. The third kappa shape index (κ3) is 6.92. The summed E-state index contributed by atoms with van der Waals surface area (Å²) in [5.41, 5.74) is 4.06. The smallest absolute Gasteiger partial charge is 0.118 e. The molecule has 0 radical (unpaired) electrons. The topological polar surface area (TPSA) is 21.3 Å². The average molecular weight is 408 g/mol. The first-order valence-corrected chi connectivity index (χ1v) is 10.8. The van der Waals surface area contributed by atoms with Crippen molar-refractivity contribution in [2.24, 2.45) is 0 Å². The van der Waals surface area contributed by atoms with Crippen molar-refractivity contribution in [2.45, 2.75) is 31.6 Å². The van der Waals surface area contributed by atoms with E-state index in [-0.39, 0.29) is 0 Å². The minimum absolute atomic E-state index is 0.412. The largest absolute Gasteiger partial charge is 0.497 e. The standard InChI is InChI=1S/C26H30ClNO/c1-29-25-17-11-21(12-18-25)7-5-19-28-20-6-10-26(22-8-3-2-4-9-22)23-13-15-24(27)16-14-23/h2-4,8-9,11-18,26,28H,5-7,10,19-20H2,1H3. The molecule has 2 nitrogen and oxygen atoms in total. The lowest BCUT2D eigenvalue weighted by atomic mass is 9.87. The van der Waals surface area contributed by atoms with E-state index < -0.39 is 0 Å². The summed E-state index contributed by atoms with van der Waals surface area (Å²) < 4.78 is 5.21. The van der Waals surface area contributed by atoms with Crippen LogP contribution in [0.2, 0.25) is 5.02 Å². The predicted octanol–water partition coefficient (Wildman–Crippen LogP) is 6.48. The Balaban J connectivity index is 1.42. The summed E-state index contributed by atoms with van der Waals surface area (Å²) in [6, 6.07) is 27.4. The van der Waals surface area contributed by atoms with Gasteiger partial charge in [0.1, 0.15) is 5.75 Å². The SMILES string of the molecule is COc1ccc(CCCNCCCC(c2ccccc2)c2ccc(Cl)cc2)cc1. The van der Waals surface area contributed by atoms with E-state index in [2.05, 4.69) is 59.9 Å². The van der Waals surface area contributed by atoms with E-state index in [1.165, 1.54) is 16.7 Å². The molecule has 0 bridgehead atoms. The summed E-state index contributed by atoms with van der Waals surface area (Å²) in [7, 11) is 1.70. The molecule has 0 amide bonds. The molecule has 0 saturated carbocycles. The lowest BCUT2D eigenvalue weighted by molar-refractivity contribution is 0.414. The Bertz CT molecular complexity index is 831. The maximum Gasteiger partial charge on any atom is 0.118 e. The normalized spacial score (nSPS) is 11.9. The van der Waals surface area contributed by atoms with Gasteiger partial charge in [-0.05, 0) is 79.7 Å². The van der Waals surface area contributed by atoms with Gasteiger partial charge < -0.3 is 10.1 Å². The summed E-state index contributed by atoms with van der Waals surface area (Å²) in [6.07, 6.45) is 4.50. The van der Waals surface area contributed by atoms with Gasteiger partial charge in [-0.1, -0.05) is 66.2 Å². The van der Waals surface area contributed by atoms with Crippen molar-refractivity contribution < 1.29 is 4.74 Å². The molecular formula is C26H30ClNO. The number of benzene rings is 3. The van der Waals surface area contributed by atoms with Crippen LogP contribution in [-0.2, 0) is 6.42 Å². The number of hydrogen-bond acceptors (Lipinski definition) is 2. The second-order valence-electron chi connectivity index (χ2n) is 7.36. The molecule has 0 saturated heterocycles. The van der Waals surface area contributed by atoms with Gasteiger partial charge in [0.15, 0.2) is 0 Å². The van der Waals surface area contributed by atoms with E-state index in [1.807, 2.05) is 24.3 Å². The fraction of sp³-hybridized carbons (Fsp3) is 0.308. The van der Waals surface area contributed by atoms with Gasteiger partial charge in [-0.25, -0.2) is 0 Å². The Morgan fingerprint density at radius 3 is 2.14 bits per heavy atom. The number of nitrogens with one attached hydrogen (secondary N) is 1. The highest BCUT2D eigenvalue weighted by Gasteiger charge is 2.13. The molecule has 1 N–H and O–H groups in total. The monoisotopic (exact) mass is 407 g/mol. The predicted molar refractivity (Wildman–Crippen MR) is 123 cm³/mol. The number of hydrogen-bond donors (Lipinski definition) is 1. The van der Waals surface area contributed by atoms with Gasteiger partial charge in [-0.3, -0.25) is 0 Å². The molecule has 3 heteroatoms. The minimum Gasteiger partial charge on any atom is -0.497 e. The molecule has 0 heterocycles. The third-order valence-electron chi connectivity index (χ3n) is 5.30. The Labute approximate surface area is 179 Å². The Morgan fingerprint density at radius 1 is 0.793 bits per heavy atom. The number of halogens is 1. The fourth-order valence-corrected chi connectivity index (χ4v) is 3.80. The van der Waals surface area contributed by atoms with Crippen molar-refractivity contribution in [3.05, 3.63) is 101 Å². The van der Waals surface area contributed by atoms with Crippen molar-refractivity contribution in [3.63, 3.8) is 0 Å². The van der Waals surface area contributed by atoms with Crippen LogP contribution < -0.4 is 10.1 Å². The fourth-order valence-electron chi connectivity index (χ4n) is 3.67. The number of rotatable bonds is 11. The lowest BCUT2D eigenvalue weighted by Crippen LogP contribution is -2.18.